The summed E-state index contributed by atoms with van der Waals surface area (Å²) in [6.45, 7) is -0.128. The highest BCUT2D eigenvalue weighted by Crippen LogP contribution is 2.44. The van der Waals surface area contributed by atoms with E-state index in [0.29, 0.717) is 17.0 Å². The summed E-state index contributed by atoms with van der Waals surface area (Å²) in [6, 6.07) is 15.3. The molecule has 1 amide bonds. The van der Waals surface area contributed by atoms with Gasteiger partial charge in [-0.05, 0) is 36.6 Å². The molecule has 0 bridgehead atoms. The number of aliphatic hydroxyl groups excluding tert-OH is 1. The second-order valence-corrected chi connectivity index (χ2v) is 5.94. The standard InChI is InChI=1S/C19H21NO3/c1-23-17-9-8-16(12-14(17)13-21)20-18(22)19(10-5-11-19)15-6-3-2-4-7-15/h2-4,6-9,12,21H,5,10-11,13H2,1H3,(H,20,22). The molecule has 4 heteroatoms. The van der Waals surface area contributed by atoms with E-state index < -0.39 is 5.41 Å². The van der Waals surface area contributed by atoms with Crippen LogP contribution in [0.1, 0.15) is 30.4 Å². The van der Waals surface area contributed by atoms with Gasteiger partial charge in [-0.2, -0.15) is 0 Å². The van der Waals surface area contributed by atoms with Crippen LogP contribution in [0.3, 0.4) is 0 Å². The number of benzene rings is 2. The number of anilines is 1. The third-order valence-corrected chi connectivity index (χ3v) is 4.68. The van der Waals surface area contributed by atoms with Crippen molar-refractivity contribution in [2.75, 3.05) is 12.4 Å². The van der Waals surface area contributed by atoms with Gasteiger partial charge in [0.1, 0.15) is 5.75 Å². The molecule has 23 heavy (non-hydrogen) atoms. The summed E-state index contributed by atoms with van der Waals surface area (Å²) in [5, 5.41) is 12.4. The predicted octanol–water partition coefficient (Wildman–Crippen LogP) is 3.25. The number of carbonyl (C=O) groups excluding carboxylic acids is 1. The van der Waals surface area contributed by atoms with Crippen LogP contribution in [0, 0.1) is 0 Å². The van der Waals surface area contributed by atoms with Gasteiger partial charge >= 0.3 is 0 Å². The number of hydrogen-bond donors (Lipinski definition) is 2. The van der Waals surface area contributed by atoms with E-state index in [9.17, 15) is 9.90 Å². The first-order valence-corrected chi connectivity index (χ1v) is 7.84. The van der Waals surface area contributed by atoms with Crippen molar-refractivity contribution in [3.8, 4) is 5.75 Å². The Morgan fingerprint density at radius 2 is 1.96 bits per heavy atom. The van der Waals surface area contributed by atoms with Gasteiger partial charge in [-0.25, -0.2) is 0 Å². The Bertz CT molecular complexity index is 693. The Hall–Kier alpha value is -2.33. The molecule has 0 aliphatic heterocycles. The van der Waals surface area contributed by atoms with Gasteiger partial charge in [-0.15, -0.1) is 0 Å². The fraction of sp³-hybridized carbons (Fsp3) is 0.316. The third-order valence-electron chi connectivity index (χ3n) is 4.68. The van der Waals surface area contributed by atoms with E-state index in [4.69, 9.17) is 4.74 Å². The number of nitrogens with one attached hydrogen (secondary N) is 1. The van der Waals surface area contributed by atoms with E-state index in [1.54, 1.807) is 25.3 Å². The molecular weight excluding hydrogens is 290 g/mol. The highest BCUT2D eigenvalue weighted by molar-refractivity contribution is 6.00. The Kier molecular flexibility index (Phi) is 4.35. The van der Waals surface area contributed by atoms with Crippen molar-refractivity contribution >= 4 is 11.6 Å². The van der Waals surface area contributed by atoms with Gasteiger partial charge in [0.25, 0.3) is 0 Å². The summed E-state index contributed by atoms with van der Waals surface area (Å²) < 4.78 is 5.19. The molecule has 3 rings (SSSR count). The van der Waals surface area contributed by atoms with E-state index in [0.717, 1.165) is 24.8 Å². The highest BCUT2D eigenvalue weighted by Gasteiger charge is 2.45. The van der Waals surface area contributed by atoms with Crippen molar-refractivity contribution in [2.24, 2.45) is 0 Å². The minimum absolute atomic E-state index is 0.0176. The van der Waals surface area contributed by atoms with E-state index >= 15 is 0 Å². The van der Waals surface area contributed by atoms with Crippen LogP contribution in [0.5, 0.6) is 5.75 Å². The first kappa shape index (κ1) is 15.6. The minimum Gasteiger partial charge on any atom is -0.496 e. The second kappa shape index (κ2) is 6.42. The zero-order valence-electron chi connectivity index (χ0n) is 13.2. The quantitative estimate of drug-likeness (QED) is 0.891. The number of aliphatic hydroxyl groups is 1. The van der Waals surface area contributed by atoms with Crippen molar-refractivity contribution in [1.29, 1.82) is 0 Å². The van der Waals surface area contributed by atoms with Crippen LogP contribution in [-0.2, 0) is 16.8 Å². The predicted molar refractivity (Wildman–Crippen MR) is 89.5 cm³/mol. The first-order valence-electron chi connectivity index (χ1n) is 7.84. The van der Waals surface area contributed by atoms with Crippen molar-refractivity contribution < 1.29 is 14.6 Å². The average Bonchev–Trinajstić information content (AvgIpc) is 2.54. The normalized spacial score (nSPS) is 15.6. The summed E-state index contributed by atoms with van der Waals surface area (Å²) in [4.78, 5) is 12.9. The van der Waals surface area contributed by atoms with E-state index in [1.807, 2.05) is 30.3 Å². The lowest BCUT2D eigenvalue weighted by Crippen LogP contribution is -2.45. The average molecular weight is 311 g/mol. The molecule has 0 heterocycles. The Labute approximate surface area is 136 Å². The van der Waals surface area contributed by atoms with E-state index in [2.05, 4.69) is 5.32 Å². The Morgan fingerprint density at radius 1 is 1.22 bits per heavy atom. The largest absolute Gasteiger partial charge is 0.496 e. The van der Waals surface area contributed by atoms with Gasteiger partial charge in [-0.3, -0.25) is 4.79 Å². The van der Waals surface area contributed by atoms with Crippen molar-refractivity contribution in [2.45, 2.75) is 31.3 Å². The molecule has 0 saturated heterocycles. The lowest BCUT2D eigenvalue weighted by atomic mass is 9.64. The number of methoxy groups -OCH3 is 1. The number of hydrogen-bond acceptors (Lipinski definition) is 3. The maximum absolute atomic E-state index is 12.9. The van der Waals surface area contributed by atoms with Gasteiger partial charge in [0, 0.05) is 11.3 Å². The highest BCUT2D eigenvalue weighted by atomic mass is 16.5. The molecule has 0 radical (unpaired) electrons. The maximum Gasteiger partial charge on any atom is 0.235 e. The number of ether oxygens (including phenoxy) is 1. The van der Waals surface area contributed by atoms with Crippen LogP contribution in [0.2, 0.25) is 0 Å². The zero-order chi connectivity index (χ0) is 16.3. The van der Waals surface area contributed by atoms with Crippen LogP contribution >= 0.6 is 0 Å². The molecule has 2 N–H and O–H groups in total. The fourth-order valence-corrected chi connectivity index (χ4v) is 3.16. The van der Waals surface area contributed by atoms with Crippen LogP contribution in [0.15, 0.2) is 48.5 Å². The maximum atomic E-state index is 12.9. The number of amides is 1. The van der Waals surface area contributed by atoms with Crippen LogP contribution in [0.4, 0.5) is 5.69 Å². The molecule has 4 nitrogen and oxygen atoms in total. The molecule has 1 fully saturated rings. The Balaban J connectivity index is 1.84. The molecule has 120 valence electrons. The minimum atomic E-state index is -0.430. The van der Waals surface area contributed by atoms with Crippen LogP contribution in [-0.4, -0.2) is 18.1 Å². The third kappa shape index (κ3) is 2.82. The number of carbonyl (C=O) groups is 1. The van der Waals surface area contributed by atoms with Crippen molar-refractivity contribution in [1.82, 2.24) is 0 Å². The smallest absolute Gasteiger partial charge is 0.235 e. The molecule has 0 aromatic heterocycles. The summed E-state index contributed by atoms with van der Waals surface area (Å²) in [6.07, 6.45) is 2.80. The summed E-state index contributed by atoms with van der Waals surface area (Å²) in [5.41, 5.74) is 1.98. The molecule has 1 aliphatic rings. The molecule has 2 aromatic rings. The molecular formula is C19H21NO3. The summed E-state index contributed by atoms with van der Waals surface area (Å²) in [7, 11) is 1.56. The second-order valence-electron chi connectivity index (χ2n) is 5.94. The van der Waals surface area contributed by atoms with Gasteiger partial charge in [0.15, 0.2) is 0 Å². The summed E-state index contributed by atoms with van der Waals surface area (Å²) >= 11 is 0. The lowest BCUT2D eigenvalue weighted by Gasteiger charge is -2.40. The fourth-order valence-electron chi connectivity index (χ4n) is 3.16. The molecule has 1 saturated carbocycles. The monoisotopic (exact) mass is 311 g/mol. The SMILES string of the molecule is COc1ccc(NC(=O)C2(c3ccccc3)CCC2)cc1CO. The van der Waals surface area contributed by atoms with Gasteiger partial charge in [-0.1, -0.05) is 36.8 Å². The van der Waals surface area contributed by atoms with Crippen LogP contribution < -0.4 is 10.1 Å². The van der Waals surface area contributed by atoms with Gasteiger partial charge in [0.05, 0.1) is 19.1 Å². The lowest BCUT2D eigenvalue weighted by molar-refractivity contribution is -0.124. The van der Waals surface area contributed by atoms with Gasteiger partial charge < -0.3 is 15.2 Å². The van der Waals surface area contributed by atoms with E-state index in [1.165, 1.54) is 0 Å². The van der Waals surface area contributed by atoms with Gasteiger partial charge in [0.2, 0.25) is 5.91 Å². The zero-order valence-corrected chi connectivity index (χ0v) is 13.2. The molecule has 0 unspecified atom stereocenters. The summed E-state index contributed by atoms with van der Waals surface area (Å²) in [5.74, 6) is 0.635. The van der Waals surface area contributed by atoms with Crippen molar-refractivity contribution in [3.05, 3.63) is 59.7 Å². The van der Waals surface area contributed by atoms with Crippen molar-refractivity contribution in [3.63, 3.8) is 0 Å². The van der Waals surface area contributed by atoms with E-state index in [-0.39, 0.29) is 12.5 Å². The molecule has 0 spiro atoms. The Morgan fingerprint density at radius 3 is 2.52 bits per heavy atom. The topological polar surface area (TPSA) is 58.6 Å². The van der Waals surface area contributed by atoms with Crippen LogP contribution in [0.25, 0.3) is 0 Å². The molecule has 1 aliphatic carbocycles. The number of rotatable bonds is 5. The first-order chi connectivity index (χ1) is 11.2. The molecule has 2 aromatic carbocycles. The molecule has 0 atom stereocenters.